The van der Waals surface area contributed by atoms with Crippen molar-refractivity contribution in [1.29, 1.82) is 0 Å². The highest BCUT2D eigenvalue weighted by Crippen LogP contribution is 2.18. The lowest BCUT2D eigenvalue weighted by Gasteiger charge is -2.08. The molecule has 0 atom stereocenters. The third-order valence-electron chi connectivity index (χ3n) is 2.02. The van der Waals surface area contributed by atoms with Gasteiger partial charge in [0.15, 0.2) is 5.78 Å². The summed E-state index contributed by atoms with van der Waals surface area (Å²) >= 11 is 1.64. The number of benzene rings is 1. The van der Waals surface area contributed by atoms with Gasteiger partial charge in [0.2, 0.25) is 0 Å². The van der Waals surface area contributed by atoms with Crippen LogP contribution in [0, 0.1) is 0 Å². The molecule has 1 N–H and O–H groups in total. The van der Waals surface area contributed by atoms with E-state index in [1.165, 1.54) is 0 Å². The van der Waals surface area contributed by atoms with Crippen LogP contribution in [0.5, 0.6) is 0 Å². The van der Waals surface area contributed by atoms with Crippen LogP contribution in [-0.4, -0.2) is 12.0 Å². The number of anilines is 1. The fourth-order valence-corrected chi connectivity index (χ4v) is 1.65. The van der Waals surface area contributed by atoms with Crippen molar-refractivity contribution in [3.05, 3.63) is 40.9 Å². The summed E-state index contributed by atoms with van der Waals surface area (Å²) in [6.07, 6.45) is 4.02. The van der Waals surface area contributed by atoms with Gasteiger partial charge < -0.3 is 5.32 Å². The molecule has 0 amide bonds. The number of Topliss-reactive ketones (excluding diaryl/α,β-unsaturated/α-hetero) is 1. The SMILES string of the molecule is CC=C(Nc1cccc(C(C)=O)c1)SC. The van der Waals surface area contributed by atoms with Crippen LogP contribution in [0.4, 0.5) is 5.69 Å². The highest BCUT2D eigenvalue weighted by molar-refractivity contribution is 8.02. The van der Waals surface area contributed by atoms with Crippen LogP contribution in [0.1, 0.15) is 24.2 Å². The molecule has 0 saturated heterocycles. The van der Waals surface area contributed by atoms with Gasteiger partial charge in [-0.05, 0) is 32.2 Å². The van der Waals surface area contributed by atoms with E-state index < -0.39 is 0 Å². The van der Waals surface area contributed by atoms with Gasteiger partial charge in [-0.3, -0.25) is 4.79 Å². The van der Waals surface area contributed by atoms with Gasteiger partial charge in [-0.2, -0.15) is 0 Å². The summed E-state index contributed by atoms with van der Waals surface area (Å²) in [6.45, 7) is 3.55. The van der Waals surface area contributed by atoms with Gasteiger partial charge in [0.25, 0.3) is 0 Å². The molecule has 0 spiro atoms. The first kappa shape index (κ1) is 11.9. The first-order valence-corrected chi connectivity index (χ1v) is 5.98. The second kappa shape index (κ2) is 5.61. The van der Waals surface area contributed by atoms with Crippen molar-refractivity contribution in [2.75, 3.05) is 11.6 Å². The van der Waals surface area contributed by atoms with E-state index in [-0.39, 0.29) is 5.78 Å². The number of carbonyl (C=O) groups excluding carboxylic acids is 1. The molecule has 0 aliphatic carbocycles. The summed E-state index contributed by atoms with van der Waals surface area (Å²) in [5.41, 5.74) is 1.68. The smallest absolute Gasteiger partial charge is 0.159 e. The van der Waals surface area contributed by atoms with Crippen LogP contribution in [0.25, 0.3) is 0 Å². The normalized spacial score (nSPS) is 11.3. The number of allylic oxidation sites excluding steroid dienone is 1. The van der Waals surface area contributed by atoms with Crippen LogP contribution < -0.4 is 5.32 Å². The van der Waals surface area contributed by atoms with Gasteiger partial charge in [0, 0.05) is 11.3 Å². The first-order valence-electron chi connectivity index (χ1n) is 4.75. The van der Waals surface area contributed by atoms with E-state index in [0.717, 1.165) is 16.3 Å². The van der Waals surface area contributed by atoms with Crippen molar-refractivity contribution in [1.82, 2.24) is 0 Å². The van der Waals surface area contributed by atoms with E-state index in [9.17, 15) is 4.79 Å². The van der Waals surface area contributed by atoms with E-state index >= 15 is 0 Å². The number of hydrogen-bond acceptors (Lipinski definition) is 3. The zero-order valence-electron chi connectivity index (χ0n) is 9.20. The maximum atomic E-state index is 11.2. The van der Waals surface area contributed by atoms with Crippen LogP contribution in [-0.2, 0) is 0 Å². The van der Waals surface area contributed by atoms with Gasteiger partial charge in [-0.25, -0.2) is 0 Å². The summed E-state index contributed by atoms with van der Waals surface area (Å²) in [5.74, 6) is 0.0878. The maximum absolute atomic E-state index is 11.2. The fraction of sp³-hybridized carbons (Fsp3) is 0.250. The van der Waals surface area contributed by atoms with Gasteiger partial charge in [0.05, 0.1) is 5.03 Å². The molecule has 0 saturated carbocycles. The van der Waals surface area contributed by atoms with Crippen LogP contribution in [0.3, 0.4) is 0 Å². The molecular weight excluding hydrogens is 206 g/mol. The fourth-order valence-electron chi connectivity index (χ4n) is 1.20. The largest absolute Gasteiger partial charge is 0.351 e. The molecule has 0 radical (unpaired) electrons. The molecule has 2 nitrogen and oxygen atoms in total. The Morgan fingerprint density at radius 3 is 2.73 bits per heavy atom. The Morgan fingerprint density at radius 1 is 1.47 bits per heavy atom. The van der Waals surface area contributed by atoms with Crippen molar-refractivity contribution in [2.24, 2.45) is 0 Å². The van der Waals surface area contributed by atoms with E-state index in [2.05, 4.69) is 5.32 Å². The summed E-state index contributed by atoms with van der Waals surface area (Å²) in [4.78, 5) is 11.2. The van der Waals surface area contributed by atoms with Gasteiger partial charge >= 0.3 is 0 Å². The van der Waals surface area contributed by atoms with Crippen LogP contribution >= 0.6 is 11.8 Å². The number of ketones is 1. The second-order valence-corrected chi connectivity index (χ2v) is 3.97. The molecule has 0 aliphatic rings. The summed E-state index contributed by atoms with van der Waals surface area (Å²) < 4.78 is 0. The molecule has 0 bridgehead atoms. The second-order valence-electron chi connectivity index (χ2n) is 3.12. The quantitative estimate of drug-likeness (QED) is 0.789. The topological polar surface area (TPSA) is 29.1 Å². The Labute approximate surface area is 94.8 Å². The zero-order chi connectivity index (χ0) is 11.3. The molecule has 1 aromatic carbocycles. The summed E-state index contributed by atoms with van der Waals surface area (Å²) in [6, 6.07) is 7.52. The number of rotatable bonds is 4. The Hall–Kier alpha value is -1.22. The first-order chi connectivity index (χ1) is 7.17. The highest BCUT2D eigenvalue weighted by atomic mass is 32.2. The molecule has 15 heavy (non-hydrogen) atoms. The predicted octanol–water partition coefficient (Wildman–Crippen LogP) is 3.53. The van der Waals surface area contributed by atoms with Gasteiger partial charge in [-0.15, -0.1) is 11.8 Å². The number of carbonyl (C=O) groups is 1. The van der Waals surface area contributed by atoms with Crippen molar-refractivity contribution < 1.29 is 4.79 Å². The number of hydrogen-bond donors (Lipinski definition) is 1. The lowest BCUT2D eigenvalue weighted by atomic mass is 10.1. The number of thioether (sulfide) groups is 1. The lowest BCUT2D eigenvalue weighted by Crippen LogP contribution is -1.97. The average molecular weight is 221 g/mol. The average Bonchev–Trinajstić information content (AvgIpc) is 2.26. The minimum atomic E-state index is 0.0878. The molecule has 0 aromatic heterocycles. The summed E-state index contributed by atoms with van der Waals surface area (Å²) in [5, 5.41) is 4.32. The van der Waals surface area contributed by atoms with Crippen molar-refractivity contribution >= 4 is 23.2 Å². The van der Waals surface area contributed by atoms with Gasteiger partial charge in [-0.1, -0.05) is 18.2 Å². The number of nitrogens with one attached hydrogen (secondary N) is 1. The van der Waals surface area contributed by atoms with Crippen LogP contribution in [0.2, 0.25) is 0 Å². The Kier molecular flexibility index (Phi) is 4.43. The molecule has 1 aromatic rings. The molecule has 1 rings (SSSR count). The molecule has 0 fully saturated rings. The molecule has 0 aliphatic heterocycles. The molecule has 0 heterocycles. The Bertz CT molecular complexity index is 385. The van der Waals surface area contributed by atoms with Gasteiger partial charge in [0.1, 0.15) is 0 Å². The third kappa shape index (κ3) is 3.44. The molecule has 0 unspecified atom stereocenters. The van der Waals surface area contributed by atoms with Crippen LogP contribution in [0.15, 0.2) is 35.4 Å². The van der Waals surface area contributed by atoms with Crippen molar-refractivity contribution in [3.63, 3.8) is 0 Å². The van der Waals surface area contributed by atoms with E-state index in [4.69, 9.17) is 0 Å². The predicted molar refractivity (Wildman–Crippen MR) is 67.3 cm³/mol. The van der Waals surface area contributed by atoms with Crippen molar-refractivity contribution in [3.8, 4) is 0 Å². The standard InChI is InChI=1S/C12H15NOS/c1-4-12(15-3)13-11-7-5-6-10(8-11)9(2)14/h4-8,13H,1-3H3. The molecular formula is C12H15NOS. The monoisotopic (exact) mass is 221 g/mol. The minimum absolute atomic E-state index is 0.0878. The summed E-state index contributed by atoms with van der Waals surface area (Å²) in [7, 11) is 0. The van der Waals surface area contributed by atoms with E-state index in [1.807, 2.05) is 43.5 Å². The molecule has 80 valence electrons. The van der Waals surface area contributed by atoms with E-state index in [1.54, 1.807) is 18.7 Å². The Balaban J connectivity index is 2.87. The highest BCUT2D eigenvalue weighted by Gasteiger charge is 2.00. The minimum Gasteiger partial charge on any atom is -0.351 e. The Morgan fingerprint density at radius 2 is 2.20 bits per heavy atom. The third-order valence-corrected chi connectivity index (χ3v) is 2.80. The van der Waals surface area contributed by atoms with E-state index in [0.29, 0.717) is 0 Å². The maximum Gasteiger partial charge on any atom is 0.159 e. The molecule has 3 heteroatoms. The zero-order valence-corrected chi connectivity index (χ0v) is 10.0. The lowest BCUT2D eigenvalue weighted by molar-refractivity contribution is 0.101. The van der Waals surface area contributed by atoms with Crippen molar-refractivity contribution in [2.45, 2.75) is 13.8 Å².